The number of piperidine rings is 1. The standard InChI is InChI=1S/C17H26N2O3S.ClH/c1-16(2)11-19(8-7-15(16)18)23(20,21)13-5-6-14-12(9-13)10-17(3,4)22-14;/h5-6,9,15H,7-8,10-11,18H2,1-4H3;1H. The van der Waals surface area contributed by atoms with Crippen molar-refractivity contribution in [1.29, 1.82) is 0 Å². The van der Waals surface area contributed by atoms with Crippen LogP contribution in [0.25, 0.3) is 0 Å². The summed E-state index contributed by atoms with van der Waals surface area (Å²) in [6.45, 7) is 9.00. The number of nitrogens with zero attached hydrogens (tertiary/aromatic N) is 1. The van der Waals surface area contributed by atoms with E-state index >= 15 is 0 Å². The van der Waals surface area contributed by atoms with E-state index in [9.17, 15) is 8.42 Å². The maximum absolute atomic E-state index is 13.0. The fraction of sp³-hybridized carbons (Fsp3) is 0.647. The summed E-state index contributed by atoms with van der Waals surface area (Å²) in [6, 6.07) is 5.22. The molecular formula is C17H27ClN2O3S. The fourth-order valence-corrected chi connectivity index (χ4v) is 5.10. The molecule has 2 N–H and O–H groups in total. The Balaban J connectivity index is 0.00000208. The molecule has 2 heterocycles. The van der Waals surface area contributed by atoms with Crippen LogP contribution >= 0.6 is 12.4 Å². The van der Waals surface area contributed by atoms with Gasteiger partial charge in [0.1, 0.15) is 11.4 Å². The van der Waals surface area contributed by atoms with E-state index in [-0.39, 0.29) is 29.5 Å². The molecular weight excluding hydrogens is 348 g/mol. The number of ether oxygens (including phenoxy) is 1. The van der Waals surface area contributed by atoms with Crippen LogP contribution < -0.4 is 10.5 Å². The Morgan fingerprint density at radius 3 is 2.54 bits per heavy atom. The minimum Gasteiger partial charge on any atom is -0.487 e. The van der Waals surface area contributed by atoms with Gasteiger partial charge in [0, 0.05) is 25.6 Å². The van der Waals surface area contributed by atoms with E-state index in [4.69, 9.17) is 10.5 Å². The zero-order chi connectivity index (χ0) is 17.0. The quantitative estimate of drug-likeness (QED) is 0.863. The van der Waals surface area contributed by atoms with Crippen molar-refractivity contribution in [3.8, 4) is 5.75 Å². The molecule has 0 saturated carbocycles. The highest BCUT2D eigenvalue weighted by Crippen LogP contribution is 2.37. The highest BCUT2D eigenvalue weighted by atomic mass is 35.5. The van der Waals surface area contributed by atoms with E-state index in [0.29, 0.717) is 24.4 Å². The van der Waals surface area contributed by atoms with E-state index in [0.717, 1.165) is 17.7 Å². The van der Waals surface area contributed by atoms with Crippen LogP contribution in [0.1, 0.15) is 39.7 Å². The van der Waals surface area contributed by atoms with Crippen LogP contribution in [-0.4, -0.2) is 37.5 Å². The SMILES string of the molecule is CC1(C)Cc2cc(S(=O)(=O)N3CCC(N)C(C)(C)C3)ccc2O1.Cl. The molecule has 1 aromatic carbocycles. The van der Waals surface area contributed by atoms with Crippen LogP contribution in [0.15, 0.2) is 23.1 Å². The van der Waals surface area contributed by atoms with Gasteiger partial charge in [-0.2, -0.15) is 4.31 Å². The summed E-state index contributed by atoms with van der Waals surface area (Å²) in [6.07, 6.45) is 1.41. The Morgan fingerprint density at radius 2 is 1.92 bits per heavy atom. The zero-order valence-corrected chi connectivity index (χ0v) is 16.3. The Bertz CT molecular complexity index is 731. The molecule has 1 aromatic rings. The topological polar surface area (TPSA) is 72.6 Å². The van der Waals surface area contributed by atoms with Crippen LogP contribution in [0.3, 0.4) is 0 Å². The Kier molecular flexibility index (Phi) is 5.01. The minimum atomic E-state index is -3.49. The molecule has 7 heteroatoms. The van der Waals surface area contributed by atoms with E-state index < -0.39 is 10.0 Å². The van der Waals surface area contributed by atoms with Crippen molar-refractivity contribution >= 4 is 22.4 Å². The molecule has 2 aliphatic rings. The largest absolute Gasteiger partial charge is 0.487 e. The maximum Gasteiger partial charge on any atom is 0.243 e. The molecule has 1 unspecified atom stereocenters. The van der Waals surface area contributed by atoms with Gasteiger partial charge >= 0.3 is 0 Å². The molecule has 2 aliphatic heterocycles. The molecule has 3 rings (SSSR count). The Morgan fingerprint density at radius 1 is 1.25 bits per heavy atom. The number of sulfonamides is 1. The first kappa shape index (κ1) is 19.5. The third kappa shape index (κ3) is 3.43. The predicted molar refractivity (Wildman–Crippen MR) is 97.2 cm³/mol. The monoisotopic (exact) mass is 374 g/mol. The van der Waals surface area contributed by atoms with Crippen molar-refractivity contribution in [2.45, 2.75) is 57.1 Å². The summed E-state index contributed by atoms with van der Waals surface area (Å²) in [5.41, 5.74) is 6.60. The fourth-order valence-electron chi connectivity index (χ4n) is 3.43. The summed E-state index contributed by atoms with van der Waals surface area (Å²) in [7, 11) is -3.49. The summed E-state index contributed by atoms with van der Waals surface area (Å²) >= 11 is 0. The van der Waals surface area contributed by atoms with Crippen molar-refractivity contribution in [3.05, 3.63) is 23.8 Å². The summed E-state index contributed by atoms with van der Waals surface area (Å²) in [5.74, 6) is 0.787. The number of fused-ring (bicyclic) bond motifs is 1. The maximum atomic E-state index is 13.0. The number of halogens is 1. The second-order valence-electron chi connectivity index (χ2n) is 8.03. The van der Waals surface area contributed by atoms with Crippen molar-refractivity contribution in [2.24, 2.45) is 11.1 Å². The molecule has 0 amide bonds. The molecule has 1 saturated heterocycles. The number of hydrogen-bond donors (Lipinski definition) is 1. The molecule has 1 atom stereocenters. The first-order chi connectivity index (χ1) is 10.5. The predicted octanol–water partition coefficient (Wildman–Crippen LogP) is 2.57. The van der Waals surface area contributed by atoms with Gasteiger partial charge in [0.05, 0.1) is 4.90 Å². The van der Waals surface area contributed by atoms with Gasteiger partial charge in [0.15, 0.2) is 0 Å². The molecule has 0 aliphatic carbocycles. The van der Waals surface area contributed by atoms with Crippen LogP contribution in [0.4, 0.5) is 0 Å². The van der Waals surface area contributed by atoms with Crippen molar-refractivity contribution in [2.75, 3.05) is 13.1 Å². The molecule has 0 aromatic heterocycles. The summed E-state index contributed by atoms with van der Waals surface area (Å²) in [4.78, 5) is 0.351. The average molecular weight is 375 g/mol. The van der Waals surface area contributed by atoms with Gasteiger partial charge in [-0.25, -0.2) is 8.42 Å². The highest BCUT2D eigenvalue weighted by Gasteiger charge is 2.39. The van der Waals surface area contributed by atoms with Crippen LogP contribution in [-0.2, 0) is 16.4 Å². The first-order valence-electron chi connectivity index (χ1n) is 8.09. The molecule has 136 valence electrons. The third-order valence-corrected chi connectivity index (χ3v) is 6.79. The molecule has 0 bridgehead atoms. The first-order valence-corrected chi connectivity index (χ1v) is 9.53. The lowest BCUT2D eigenvalue weighted by Crippen LogP contribution is -2.53. The lowest BCUT2D eigenvalue weighted by atomic mass is 9.81. The minimum absolute atomic E-state index is 0. The number of rotatable bonds is 2. The highest BCUT2D eigenvalue weighted by molar-refractivity contribution is 7.89. The molecule has 0 radical (unpaired) electrons. The smallest absolute Gasteiger partial charge is 0.243 e. The van der Waals surface area contributed by atoms with Gasteiger partial charge in [-0.15, -0.1) is 12.4 Å². The van der Waals surface area contributed by atoms with Gasteiger partial charge < -0.3 is 10.5 Å². The lowest BCUT2D eigenvalue weighted by Gasteiger charge is -2.41. The van der Waals surface area contributed by atoms with Crippen LogP contribution in [0, 0.1) is 5.41 Å². The second-order valence-corrected chi connectivity index (χ2v) is 9.97. The van der Waals surface area contributed by atoms with Crippen LogP contribution in [0.5, 0.6) is 5.75 Å². The average Bonchev–Trinajstić information content (AvgIpc) is 2.74. The summed E-state index contributed by atoms with van der Waals surface area (Å²) in [5, 5.41) is 0. The van der Waals surface area contributed by atoms with Crippen molar-refractivity contribution < 1.29 is 13.2 Å². The van der Waals surface area contributed by atoms with Gasteiger partial charge in [-0.3, -0.25) is 0 Å². The van der Waals surface area contributed by atoms with Crippen LogP contribution in [0.2, 0.25) is 0 Å². The van der Waals surface area contributed by atoms with Gasteiger partial charge in [0.2, 0.25) is 10.0 Å². The van der Waals surface area contributed by atoms with E-state index in [1.54, 1.807) is 22.5 Å². The van der Waals surface area contributed by atoms with Gasteiger partial charge in [-0.1, -0.05) is 13.8 Å². The lowest BCUT2D eigenvalue weighted by molar-refractivity contribution is 0.138. The summed E-state index contributed by atoms with van der Waals surface area (Å²) < 4.78 is 33.4. The van der Waals surface area contributed by atoms with Gasteiger partial charge in [0.25, 0.3) is 0 Å². The number of benzene rings is 1. The molecule has 0 spiro atoms. The number of hydrogen-bond acceptors (Lipinski definition) is 4. The normalized spacial score (nSPS) is 25.5. The van der Waals surface area contributed by atoms with E-state index in [1.807, 2.05) is 27.7 Å². The van der Waals surface area contributed by atoms with E-state index in [2.05, 4.69) is 0 Å². The molecule has 1 fully saturated rings. The Hall–Kier alpha value is -0.820. The Labute approximate surface area is 151 Å². The zero-order valence-electron chi connectivity index (χ0n) is 14.7. The van der Waals surface area contributed by atoms with Crippen molar-refractivity contribution in [3.63, 3.8) is 0 Å². The molecule has 5 nitrogen and oxygen atoms in total. The van der Waals surface area contributed by atoms with E-state index in [1.165, 1.54) is 0 Å². The number of nitrogens with two attached hydrogens (primary N) is 1. The van der Waals surface area contributed by atoms with Crippen molar-refractivity contribution in [1.82, 2.24) is 4.31 Å². The second kappa shape index (κ2) is 6.16. The third-order valence-electron chi connectivity index (χ3n) is 4.95. The molecule has 24 heavy (non-hydrogen) atoms. The van der Waals surface area contributed by atoms with Gasteiger partial charge in [-0.05, 0) is 49.4 Å².